The van der Waals surface area contributed by atoms with Gasteiger partial charge in [-0.15, -0.1) is 0 Å². The summed E-state index contributed by atoms with van der Waals surface area (Å²) < 4.78 is 72.0. The molecule has 5 rings (SSSR count). The lowest BCUT2D eigenvalue weighted by Crippen LogP contribution is -2.54. The van der Waals surface area contributed by atoms with Gasteiger partial charge in [0.15, 0.2) is 11.6 Å². The number of halogens is 6. The Morgan fingerprint density at radius 3 is 2.53 bits per heavy atom. The predicted molar refractivity (Wildman–Crippen MR) is 166 cm³/mol. The molecule has 3 atom stereocenters. The minimum absolute atomic E-state index is 0.0138. The highest BCUT2D eigenvalue weighted by molar-refractivity contribution is 6.30. The van der Waals surface area contributed by atoms with Crippen LogP contribution in [0.3, 0.4) is 0 Å². The van der Waals surface area contributed by atoms with Crippen molar-refractivity contribution in [3.8, 4) is 5.75 Å². The molecule has 0 saturated carbocycles. The minimum atomic E-state index is -5.55. The SMILES string of the molecule is CC(c1c[nH]c2ccccc12)C(NC(=O)c1ccc(F)c(OC(=O)C(F)(F)F)c1F)C(=O)N1C[C@@H](CN(C)C)Cc2cc(Cl)ccc21. The largest absolute Gasteiger partial charge is 0.491 e. The van der Waals surface area contributed by atoms with Crippen LogP contribution in [0.5, 0.6) is 5.75 Å². The number of para-hydroxylation sites is 1. The molecule has 2 unspecified atom stereocenters. The van der Waals surface area contributed by atoms with Crippen LogP contribution in [0.25, 0.3) is 10.9 Å². The zero-order chi connectivity index (χ0) is 34.2. The maximum absolute atomic E-state index is 15.4. The molecule has 14 heteroatoms. The van der Waals surface area contributed by atoms with E-state index in [9.17, 15) is 31.9 Å². The van der Waals surface area contributed by atoms with Crippen molar-refractivity contribution in [2.75, 3.05) is 32.1 Å². The zero-order valence-corrected chi connectivity index (χ0v) is 26.2. The van der Waals surface area contributed by atoms with Gasteiger partial charge >= 0.3 is 12.1 Å². The fraction of sp³-hybridized carbons (Fsp3) is 0.303. The molecule has 3 aromatic carbocycles. The summed E-state index contributed by atoms with van der Waals surface area (Å²) in [7, 11) is 3.80. The number of hydrogen-bond donors (Lipinski definition) is 2. The van der Waals surface area contributed by atoms with Crippen molar-refractivity contribution in [1.29, 1.82) is 0 Å². The number of alkyl halides is 3. The van der Waals surface area contributed by atoms with E-state index in [0.717, 1.165) is 16.5 Å². The maximum atomic E-state index is 15.4. The van der Waals surface area contributed by atoms with Crippen molar-refractivity contribution in [3.63, 3.8) is 0 Å². The lowest BCUT2D eigenvalue weighted by Gasteiger charge is -2.38. The van der Waals surface area contributed by atoms with E-state index in [0.29, 0.717) is 41.4 Å². The summed E-state index contributed by atoms with van der Waals surface area (Å²) in [6, 6.07) is 12.2. The molecule has 1 aliphatic heterocycles. The van der Waals surface area contributed by atoms with Gasteiger partial charge in [-0.05, 0) is 74.0 Å². The first-order valence-electron chi connectivity index (χ1n) is 14.5. The molecule has 0 aliphatic carbocycles. The van der Waals surface area contributed by atoms with E-state index in [1.165, 1.54) is 4.90 Å². The fourth-order valence-corrected chi connectivity index (χ4v) is 6.14. The van der Waals surface area contributed by atoms with E-state index in [4.69, 9.17) is 11.6 Å². The van der Waals surface area contributed by atoms with E-state index in [2.05, 4.69) is 15.0 Å². The summed E-state index contributed by atoms with van der Waals surface area (Å²) in [5.74, 6) is -10.6. The molecule has 2 heterocycles. The standard InChI is InChI=1S/C33H30ClF5N4O4/c1-17(23-14-40-25-7-5-4-6-21(23)25)28(31(45)43-16-18(15-42(2)3)12-19-13-20(34)8-11-26(19)43)41-30(44)22-9-10-24(35)29(27(22)36)47-32(46)33(37,38)39/h4-11,13-14,17-18,28,40H,12,15-16H2,1-3H3,(H,41,44)/t17?,18-,28?/m1/s1. The highest BCUT2D eigenvalue weighted by Gasteiger charge is 2.43. The first kappa shape index (κ1) is 33.9. The molecule has 1 aromatic heterocycles. The number of carbonyl (C=O) groups excluding carboxylic acids is 3. The lowest BCUT2D eigenvalue weighted by molar-refractivity contribution is -0.190. The van der Waals surface area contributed by atoms with Crippen molar-refractivity contribution in [3.05, 3.63) is 94.1 Å². The minimum Gasteiger partial charge on any atom is -0.414 e. The lowest BCUT2D eigenvalue weighted by atomic mass is 9.88. The van der Waals surface area contributed by atoms with Gasteiger partial charge in [-0.1, -0.05) is 36.7 Å². The molecule has 0 bridgehead atoms. The second-order valence-electron chi connectivity index (χ2n) is 11.7. The Labute approximate surface area is 271 Å². The number of amides is 2. The van der Waals surface area contributed by atoms with Crippen LogP contribution in [0.1, 0.15) is 34.3 Å². The molecular formula is C33H30ClF5N4O4. The van der Waals surface area contributed by atoms with Crippen molar-refractivity contribution in [1.82, 2.24) is 15.2 Å². The monoisotopic (exact) mass is 676 g/mol. The number of benzene rings is 3. The average molecular weight is 677 g/mol. The van der Waals surface area contributed by atoms with E-state index >= 15 is 4.39 Å². The number of aromatic nitrogens is 1. The van der Waals surface area contributed by atoms with Gasteiger partial charge in [0.1, 0.15) is 6.04 Å². The molecule has 8 nitrogen and oxygen atoms in total. The van der Waals surface area contributed by atoms with Crippen LogP contribution in [0.15, 0.2) is 60.8 Å². The van der Waals surface area contributed by atoms with Crippen LogP contribution in [-0.2, 0) is 16.0 Å². The van der Waals surface area contributed by atoms with Crippen LogP contribution in [0.4, 0.5) is 27.6 Å². The van der Waals surface area contributed by atoms with Gasteiger partial charge in [0.2, 0.25) is 11.7 Å². The second kappa shape index (κ2) is 13.3. The highest BCUT2D eigenvalue weighted by atomic mass is 35.5. The smallest absolute Gasteiger partial charge is 0.414 e. The average Bonchev–Trinajstić information content (AvgIpc) is 3.44. The van der Waals surface area contributed by atoms with E-state index in [-0.39, 0.29) is 12.5 Å². The number of hydrogen-bond acceptors (Lipinski definition) is 5. The molecule has 0 saturated heterocycles. The van der Waals surface area contributed by atoms with E-state index in [1.807, 2.05) is 37.2 Å². The summed E-state index contributed by atoms with van der Waals surface area (Å²) in [6.07, 6.45) is -3.23. The number of nitrogens with one attached hydrogen (secondary N) is 2. The third-order valence-electron chi connectivity index (χ3n) is 8.06. The molecule has 2 amide bonds. The third kappa shape index (κ3) is 7.10. The molecule has 1 aliphatic rings. The highest BCUT2D eigenvalue weighted by Crippen LogP contribution is 2.36. The molecule has 0 radical (unpaired) electrons. The third-order valence-corrected chi connectivity index (χ3v) is 8.29. The quantitative estimate of drug-likeness (QED) is 0.131. The summed E-state index contributed by atoms with van der Waals surface area (Å²) in [5, 5.41) is 3.79. The van der Waals surface area contributed by atoms with Crippen LogP contribution >= 0.6 is 11.6 Å². The first-order valence-corrected chi connectivity index (χ1v) is 14.9. The molecule has 0 spiro atoms. The Kier molecular flexibility index (Phi) is 9.60. The molecule has 248 valence electrons. The Balaban J connectivity index is 1.56. The Bertz CT molecular complexity index is 1840. The van der Waals surface area contributed by atoms with Crippen molar-refractivity contribution in [2.45, 2.75) is 31.5 Å². The summed E-state index contributed by atoms with van der Waals surface area (Å²) in [6.45, 7) is 2.60. The number of anilines is 1. The topological polar surface area (TPSA) is 94.7 Å². The number of aromatic amines is 1. The number of ether oxygens (including phenoxy) is 1. The second-order valence-corrected chi connectivity index (χ2v) is 12.1. The summed E-state index contributed by atoms with van der Waals surface area (Å²) in [4.78, 5) is 46.2. The van der Waals surface area contributed by atoms with E-state index in [1.54, 1.807) is 37.4 Å². The number of nitrogens with zero attached hydrogens (tertiary/aromatic N) is 2. The van der Waals surface area contributed by atoms with Gasteiger partial charge in [0.25, 0.3) is 5.91 Å². The summed E-state index contributed by atoms with van der Waals surface area (Å²) >= 11 is 6.29. The molecular weight excluding hydrogens is 647 g/mol. The van der Waals surface area contributed by atoms with Gasteiger partial charge in [0, 0.05) is 46.8 Å². The molecule has 47 heavy (non-hydrogen) atoms. The van der Waals surface area contributed by atoms with Crippen LogP contribution in [0.2, 0.25) is 5.02 Å². The fourth-order valence-electron chi connectivity index (χ4n) is 5.95. The predicted octanol–water partition coefficient (Wildman–Crippen LogP) is 6.24. The van der Waals surface area contributed by atoms with Crippen molar-refractivity contribution < 1.29 is 41.1 Å². The molecule has 4 aromatic rings. The van der Waals surface area contributed by atoms with Crippen LogP contribution in [0, 0.1) is 17.6 Å². The normalized spacial score (nSPS) is 16.1. The summed E-state index contributed by atoms with van der Waals surface area (Å²) in [5.41, 5.74) is 1.87. The Morgan fingerprint density at radius 2 is 1.83 bits per heavy atom. The van der Waals surface area contributed by atoms with Crippen molar-refractivity contribution in [2.24, 2.45) is 5.92 Å². The first-order chi connectivity index (χ1) is 22.1. The van der Waals surface area contributed by atoms with Crippen molar-refractivity contribution >= 4 is 46.0 Å². The Hall–Kier alpha value is -4.49. The van der Waals surface area contributed by atoms with Gasteiger partial charge in [0.05, 0.1) is 5.56 Å². The number of fused-ring (bicyclic) bond motifs is 2. The number of carbonyl (C=O) groups is 3. The zero-order valence-electron chi connectivity index (χ0n) is 25.4. The van der Waals surface area contributed by atoms with Crippen LogP contribution < -0.4 is 15.0 Å². The van der Waals surface area contributed by atoms with Gasteiger partial charge < -0.3 is 24.8 Å². The Morgan fingerprint density at radius 1 is 1.11 bits per heavy atom. The van der Waals surface area contributed by atoms with Crippen LogP contribution in [-0.4, -0.2) is 67.1 Å². The van der Waals surface area contributed by atoms with Gasteiger partial charge in [-0.25, -0.2) is 13.6 Å². The number of H-pyrrole nitrogens is 1. The molecule has 0 fully saturated rings. The molecule has 2 N–H and O–H groups in total. The van der Waals surface area contributed by atoms with Gasteiger partial charge in [-0.2, -0.15) is 13.2 Å². The number of esters is 1. The maximum Gasteiger partial charge on any atom is 0.491 e. The van der Waals surface area contributed by atoms with E-state index < -0.39 is 58.9 Å². The van der Waals surface area contributed by atoms with Gasteiger partial charge in [-0.3, -0.25) is 9.59 Å². The number of rotatable bonds is 8.